The maximum Gasteiger partial charge on any atom is 0.00448 e. The lowest BCUT2D eigenvalue weighted by Gasteiger charge is -2.13. The van der Waals surface area contributed by atoms with Crippen molar-refractivity contribution >= 4 is 5.57 Å². The van der Waals surface area contributed by atoms with Gasteiger partial charge >= 0.3 is 0 Å². The number of hydrogen-bond donors (Lipinski definition) is 1. The Bertz CT molecular complexity index is 315. The van der Waals surface area contributed by atoms with Crippen molar-refractivity contribution in [3.05, 3.63) is 42.5 Å². The zero-order chi connectivity index (χ0) is 9.97. The highest BCUT2D eigenvalue weighted by Crippen LogP contribution is 2.34. The molecular weight excluding hydrogens is 170 g/mol. The Morgan fingerprint density at radius 1 is 1.21 bits per heavy atom. The summed E-state index contributed by atoms with van der Waals surface area (Å²) < 4.78 is 0. The van der Waals surface area contributed by atoms with E-state index in [1.165, 1.54) is 17.6 Å². The Kier molecular flexibility index (Phi) is 2.69. The maximum absolute atomic E-state index is 5.90. The van der Waals surface area contributed by atoms with Crippen LogP contribution in [0.3, 0.4) is 0 Å². The van der Waals surface area contributed by atoms with E-state index in [1.807, 2.05) is 6.07 Å². The topological polar surface area (TPSA) is 26.0 Å². The van der Waals surface area contributed by atoms with Gasteiger partial charge < -0.3 is 5.73 Å². The molecule has 14 heavy (non-hydrogen) atoms. The maximum atomic E-state index is 5.90. The summed E-state index contributed by atoms with van der Waals surface area (Å²) in [6, 6.07) is 10.8. The molecule has 1 nitrogen and oxygen atoms in total. The molecule has 0 aliphatic heterocycles. The van der Waals surface area contributed by atoms with Crippen LogP contribution in [0.2, 0.25) is 0 Å². The Hall–Kier alpha value is -1.08. The van der Waals surface area contributed by atoms with Gasteiger partial charge in [0.1, 0.15) is 0 Å². The molecule has 0 saturated heterocycles. The number of allylic oxidation sites excluding steroid dienone is 1. The zero-order valence-electron chi connectivity index (χ0n) is 8.45. The highest BCUT2D eigenvalue weighted by atomic mass is 14.6. The molecule has 1 aliphatic carbocycles. The second-order valence-electron chi connectivity index (χ2n) is 4.16. The highest BCUT2D eigenvalue weighted by Gasteiger charge is 2.24. The van der Waals surface area contributed by atoms with Gasteiger partial charge in [0.25, 0.3) is 0 Å². The number of nitrogens with two attached hydrogens (primary N) is 1. The van der Waals surface area contributed by atoms with Crippen molar-refractivity contribution in [1.29, 1.82) is 0 Å². The number of benzene rings is 1. The number of hydrogen-bond acceptors (Lipinski definition) is 1. The minimum absolute atomic E-state index is 0.389. The van der Waals surface area contributed by atoms with E-state index in [1.54, 1.807) is 0 Å². The van der Waals surface area contributed by atoms with E-state index >= 15 is 0 Å². The fraction of sp³-hybridized carbons (Fsp3) is 0.385. The minimum atomic E-state index is 0.389. The molecule has 1 aliphatic rings. The fourth-order valence-electron chi connectivity index (χ4n) is 2.22. The monoisotopic (exact) mass is 187 g/mol. The Morgan fingerprint density at radius 3 is 2.50 bits per heavy atom. The average molecular weight is 187 g/mol. The standard InChI is InChI=1S/C13H17N/c1-10(11-5-3-2-4-6-11)12-7-8-13(14)9-12/h2-6,12-13H,1,7-9,14H2. The second-order valence-corrected chi connectivity index (χ2v) is 4.16. The summed E-state index contributed by atoms with van der Waals surface area (Å²) in [5.41, 5.74) is 8.43. The van der Waals surface area contributed by atoms with E-state index in [0.29, 0.717) is 12.0 Å². The van der Waals surface area contributed by atoms with Crippen LogP contribution in [0.25, 0.3) is 5.57 Å². The molecule has 74 valence electrons. The largest absolute Gasteiger partial charge is 0.328 e. The molecule has 1 aromatic rings. The molecule has 2 N–H and O–H groups in total. The van der Waals surface area contributed by atoms with Gasteiger partial charge in [-0.1, -0.05) is 36.9 Å². The predicted octanol–water partition coefficient (Wildman–Crippen LogP) is 2.83. The third-order valence-electron chi connectivity index (χ3n) is 3.11. The van der Waals surface area contributed by atoms with Crippen LogP contribution >= 0.6 is 0 Å². The molecule has 0 aromatic heterocycles. The van der Waals surface area contributed by atoms with Crippen LogP contribution in [-0.4, -0.2) is 6.04 Å². The van der Waals surface area contributed by atoms with Crippen LogP contribution in [0.4, 0.5) is 0 Å². The molecule has 1 heteroatoms. The molecule has 1 saturated carbocycles. The van der Waals surface area contributed by atoms with Gasteiger partial charge in [-0.05, 0) is 36.3 Å². The van der Waals surface area contributed by atoms with Gasteiger partial charge in [-0.15, -0.1) is 0 Å². The molecule has 2 unspecified atom stereocenters. The van der Waals surface area contributed by atoms with E-state index in [-0.39, 0.29) is 0 Å². The summed E-state index contributed by atoms with van der Waals surface area (Å²) in [7, 11) is 0. The summed E-state index contributed by atoms with van der Waals surface area (Å²) in [4.78, 5) is 0. The van der Waals surface area contributed by atoms with Gasteiger partial charge in [0.15, 0.2) is 0 Å². The quantitative estimate of drug-likeness (QED) is 0.757. The van der Waals surface area contributed by atoms with Crippen LogP contribution in [0.1, 0.15) is 24.8 Å². The lowest BCUT2D eigenvalue weighted by atomic mass is 9.92. The van der Waals surface area contributed by atoms with Crippen molar-refractivity contribution in [3.63, 3.8) is 0 Å². The summed E-state index contributed by atoms with van der Waals surface area (Å²) in [5, 5.41) is 0. The Morgan fingerprint density at radius 2 is 1.93 bits per heavy atom. The first kappa shape index (κ1) is 9.47. The Balaban J connectivity index is 2.10. The van der Waals surface area contributed by atoms with Crippen molar-refractivity contribution in [2.45, 2.75) is 25.3 Å². The van der Waals surface area contributed by atoms with Crippen LogP contribution < -0.4 is 5.73 Å². The normalized spacial score (nSPS) is 26.4. The lowest BCUT2D eigenvalue weighted by molar-refractivity contribution is 0.665. The summed E-state index contributed by atoms with van der Waals surface area (Å²) in [6.45, 7) is 4.19. The third-order valence-corrected chi connectivity index (χ3v) is 3.11. The fourth-order valence-corrected chi connectivity index (χ4v) is 2.22. The molecule has 0 heterocycles. The van der Waals surface area contributed by atoms with Gasteiger partial charge in [-0.25, -0.2) is 0 Å². The molecular formula is C13H17N. The second kappa shape index (κ2) is 3.97. The van der Waals surface area contributed by atoms with E-state index in [0.717, 1.165) is 12.8 Å². The van der Waals surface area contributed by atoms with E-state index in [2.05, 4.69) is 30.8 Å². The van der Waals surface area contributed by atoms with E-state index in [4.69, 9.17) is 5.73 Å². The lowest BCUT2D eigenvalue weighted by Crippen LogP contribution is -2.14. The average Bonchev–Trinajstić information content (AvgIpc) is 2.65. The molecule has 0 amide bonds. The first-order valence-electron chi connectivity index (χ1n) is 5.27. The summed E-state index contributed by atoms with van der Waals surface area (Å²) in [5.74, 6) is 0.604. The van der Waals surface area contributed by atoms with Crippen LogP contribution in [0.5, 0.6) is 0 Å². The highest BCUT2D eigenvalue weighted by molar-refractivity contribution is 5.65. The zero-order valence-corrected chi connectivity index (χ0v) is 8.45. The van der Waals surface area contributed by atoms with Gasteiger partial charge in [0, 0.05) is 6.04 Å². The van der Waals surface area contributed by atoms with Crippen molar-refractivity contribution in [1.82, 2.24) is 0 Å². The molecule has 0 radical (unpaired) electrons. The van der Waals surface area contributed by atoms with Gasteiger partial charge in [-0.3, -0.25) is 0 Å². The van der Waals surface area contributed by atoms with Crippen LogP contribution in [0, 0.1) is 5.92 Å². The van der Waals surface area contributed by atoms with Crippen LogP contribution in [-0.2, 0) is 0 Å². The summed E-state index contributed by atoms with van der Waals surface area (Å²) in [6.07, 6.45) is 3.46. The molecule has 1 fully saturated rings. The molecule has 2 atom stereocenters. The van der Waals surface area contributed by atoms with Crippen LogP contribution in [0.15, 0.2) is 36.9 Å². The SMILES string of the molecule is C=C(c1ccccc1)C1CCC(N)C1. The molecule has 1 aromatic carbocycles. The van der Waals surface area contributed by atoms with Crippen molar-refractivity contribution in [2.24, 2.45) is 11.7 Å². The van der Waals surface area contributed by atoms with Crippen molar-refractivity contribution < 1.29 is 0 Å². The van der Waals surface area contributed by atoms with Gasteiger partial charge in [0.2, 0.25) is 0 Å². The minimum Gasteiger partial charge on any atom is -0.328 e. The first-order valence-corrected chi connectivity index (χ1v) is 5.27. The van der Waals surface area contributed by atoms with Gasteiger partial charge in [-0.2, -0.15) is 0 Å². The summed E-state index contributed by atoms with van der Waals surface area (Å²) >= 11 is 0. The van der Waals surface area contributed by atoms with E-state index < -0.39 is 0 Å². The van der Waals surface area contributed by atoms with Gasteiger partial charge in [0.05, 0.1) is 0 Å². The van der Waals surface area contributed by atoms with Crippen molar-refractivity contribution in [3.8, 4) is 0 Å². The third kappa shape index (κ3) is 1.88. The van der Waals surface area contributed by atoms with E-state index in [9.17, 15) is 0 Å². The molecule has 0 spiro atoms. The predicted molar refractivity (Wildman–Crippen MR) is 60.8 cm³/mol. The smallest absolute Gasteiger partial charge is 0.00448 e. The molecule has 0 bridgehead atoms. The van der Waals surface area contributed by atoms with Crippen molar-refractivity contribution in [2.75, 3.05) is 0 Å². The molecule has 2 rings (SSSR count). The first-order chi connectivity index (χ1) is 6.77. The Labute approximate surface area is 85.6 Å². The number of rotatable bonds is 2.